The van der Waals surface area contributed by atoms with Crippen LogP contribution in [0.4, 0.5) is 5.95 Å². The Morgan fingerprint density at radius 3 is 2.70 bits per heavy atom. The number of hydrogen-bond donors (Lipinski definition) is 2. The van der Waals surface area contributed by atoms with Gasteiger partial charge in [0, 0.05) is 10.9 Å². The van der Waals surface area contributed by atoms with Crippen molar-refractivity contribution in [2.45, 2.75) is 20.3 Å². The Bertz CT molecular complexity index is 801. The van der Waals surface area contributed by atoms with E-state index in [2.05, 4.69) is 34.9 Å². The summed E-state index contributed by atoms with van der Waals surface area (Å²) >= 11 is 6.04. The summed E-state index contributed by atoms with van der Waals surface area (Å²) < 4.78 is 0. The Labute approximate surface area is 121 Å². The average molecular weight is 288 g/mol. The predicted octanol–water partition coefficient (Wildman–Crippen LogP) is 3.63. The number of nitrogens with zero attached hydrogens (tertiary/aromatic N) is 3. The average Bonchev–Trinajstić information content (AvgIpc) is 2.76. The fourth-order valence-electron chi connectivity index (χ4n) is 1.84. The van der Waals surface area contributed by atoms with Crippen molar-refractivity contribution in [2.75, 3.05) is 5.73 Å². The molecule has 3 aromatic rings. The topological polar surface area (TPSA) is 91.4 Å². The van der Waals surface area contributed by atoms with Crippen LogP contribution in [0.1, 0.15) is 25.8 Å². The van der Waals surface area contributed by atoms with Crippen molar-refractivity contribution in [3.8, 4) is 6.07 Å². The van der Waals surface area contributed by atoms with E-state index in [1.54, 1.807) is 12.1 Å². The molecule has 5 nitrogen and oxygen atoms in total. The summed E-state index contributed by atoms with van der Waals surface area (Å²) in [4.78, 5) is 11.1. The zero-order valence-corrected chi connectivity index (χ0v) is 12.0. The van der Waals surface area contributed by atoms with Crippen molar-refractivity contribution >= 4 is 39.5 Å². The van der Waals surface area contributed by atoms with Crippen molar-refractivity contribution in [2.24, 2.45) is 0 Å². The van der Waals surface area contributed by atoms with Gasteiger partial charge in [-0.3, -0.25) is 0 Å². The van der Waals surface area contributed by atoms with E-state index in [4.69, 9.17) is 22.6 Å². The third-order valence-electron chi connectivity index (χ3n) is 2.55. The molecule has 0 bridgehead atoms. The van der Waals surface area contributed by atoms with Gasteiger partial charge < -0.3 is 10.7 Å². The summed E-state index contributed by atoms with van der Waals surface area (Å²) in [5, 5.41) is 10.7. The van der Waals surface area contributed by atoms with Gasteiger partial charge in [-0.2, -0.15) is 10.2 Å². The maximum atomic E-state index is 8.88. The first-order valence-corrected chi connectivity index (χ1v) is 6.63. The first-order chi connectivity index (χ1) is 9.60. The molecule has 3 rings (SSSR count). The van der Waals surface area contributed by atoms with E-state index in [0.29, 0.717) is 16.6 Å². The Balaban J connectivity index is 0.000000452. The molecular formula is C14H14ClN5. The number of hydrogen-bond acceptors (Lipinski definition) is 4. The zero-order chi connectivity index (χ0) is 14.7. The highest BCUT2D eigenvalue weighted by Crippen LogP contribution is 2.30. The molecule has 0 radical (unpaired) electrons. The van der Waals surface area contributed by atoms with Gasteiger partial charge in [-0.05, 0) is 18.2 Å². The van der Waals surface area contributed by atoms with Crippen molar-refractivity contribution in [1.82, 2.24) is 15.0 Å². The SMILES string of the molecule is CCC.N#Cc1ccc2[nH]c3nc(N)nc(Cl)c3c2c1. The van der Waals surface area contributed by atoms with Crippen molar-refractivity contribution in [3.63, 3.8) is 0 Å². The Morgan fingerprint density at radius 2 is 2.05 bits per heavy atom. The maximum Gasteiger partial charge on any atom is 0.223 e. The fraction of sp³-hybridized carbons (Fsp3) is 0.214. The molecule has 20 heavy (non-hydrogen) atoms. The quantitative estimate of drug-likeness (QED) is 0.618. The van der Waals surface area contributed by atoms with Crippen LogP contribution in [-0.4, -0.2) is 15.0 Å². The van der Waals surface area contributed by atoms with Crippen LogP contribution >= 0.6 is 11.6 Å². The number of halogens is 1. The second-order valence-corrected chi connectivity index (χ2v) is 4.66. The number of fused-ring (bicyclic) bond motifs is 3. The van der Waals surface area contributed by atoms with Gasteiger partial charge >= 0.3 is 0 Å². The van der Waals surface area contributed by atoms with Gasteiger partial charge in [0.15, 0.2) is 0 Å². The predicted molar refractivity (Wildman–Crippen MR) is 81.5 cm³/mol. The lowest BCUT2D eigenvalue weighted by molar-refractivity contribution is 1.09. The zero-order valence-electron chi connectivity index (χ0n) is 11.2. The molecule has 0 atom stereocenters. The number of nitrogens with two attached hydrogens (primary N) is 1. The summed E-state index contributed by atoms with van der Waals surface area (Å²) in [6, 6.07) is 7.36. The molecular weight excluding hydrogens is 274 g/mol. The number of aromatic amines is 1. The Morgan fingerprint density at radius 1 is 1.35 bits per heavy atom. The van der Waals surface area contributed by atoms with Crippen LogP contribution in [0, 0.1) is 11.3 Å². The van der Waals surface area contributed by atoms with Gasteiger partial charge in [0.05, 0.1) is 17.0 Å². The van der Waals surface area contributed by atoms with Crippen LogP contribution in [0.5, 0.6) is 0 Å². The molecule has 0 fully saturated rings. The van der Waals surface area contributed by atoms with E-state index in [9.17, 15) is 0 Å². The second-order valence-electron chi connectivity index (χ2n) is 4.30. The van der Waals surface area contributed by atoms with Gasteiger partial charge in [0.2, 0.25) is 5.95 Å². The number of nitrogen functional groups attached to an aromatic ring is 1. The number of nitrogens with one attached hydrogen (secondary N) is 1. The first-order valence-electron chi connectivity index (χ1n) is 6.25. The minimum atomic E-state index is 0.120. The molecule has 1 aromatic carbocycles. The number of anilines is 1. The largest absolute Gasteiger partial charge is 0.368 e. The highest BCUT2D eigenvalue weighted by molar-refractivity contribution is 6.36. The molecule has 0 aliphatic carbocycles. The fourth-order valence-corrected chi connectivity index (χ4v) is 2.11. The summed E-state index contributed by atoms with van der Waals surface area (Å²) in [7, 11) is 0. The van der Waals surface area contributed by atoms with Gasteiger partial charge in [-0.25, -0.2) is 4.98 Å². The molecule has 0 unspecified atom stereocenters. The number of nitriles is 1. The molecule has 0 amide bonds. The molecule has 3 N–H and O–H groups in total. The lowest BCUT2D eigenvalue weighted by Gasteiger charge is -1.95. The van der Waals surface area contributed by atoms with E-state index >= 15 is 0 Å². The third kappa shape index (κ3) is 2.51. The number of H-pyrrole nitrogens is 1. The molecule has 6 heteroatoms. The second kappa shape index (κ2) is 5.76. The van der Waals surface area contributed by atoms with Crippen molar-refractivity contribution in [1.29, 1.82) is 5.26 Å². The molecule has 0 saturated heterocycles. The van der Waals surface area contributed by atoms with Crippen LogP contribution in [0.3, 0.4) is 0 Å². The normalized spacial score (nSPS) is 10.1. The Hall–Kier alpha value is -2.32. The van der Waals surface area contributed by atoms with E-state index in [-0.39, 0.29) is 11.1 Å². The summed E-state index contributed by atoms with van der Waals surface area (Å²) in [6.07, 6.45) is 1.25. The first kappa shape index (κ1) is 14.1. The minimum absolute atomic E-state index is 0.120. The molecule has 2 heterocycles. The lowest BCUT2D eigenvalue weighted by atomic mass is 10.1. The van der Waals surface area contributed by atoms with Crippen LogP contribution in [0.2, 0.25) is 5.15 Å². The molecule has 2 aromatic heterocycles. The molecule has 0 saturated carbocycles. The van der Waals surface area contributed by atoms with Crippen LogP contribution in [-0.2, 0) is 0 Å². The lowest BCUT2D eigenvalue weighted by Crippen LogP contribution is -1.94. The van der Waals surface area contributed by atoms with Crippen LogP contribution in [0.15, 0.2) is 18.2 Å². The molecule has 0 aliphatic heterocycles. The van der Waals surface area contributed by atoms with Crippen molar-refractivity contribution < 1.29 is 0 Å². The number of aromatic nitrogens is 3. The van der Waals surface area contributed by atoms with Crippen LogP contribution in [0.25, 0.3) is 21.9 Å². The maximum absolute atomic E-state index is 8.88. The van der Waals surface area contributed by atoms with Gasteiger partial charge in [-0.1, -0.05) is 31.9 Å². The highest BCUT2D eigenvalue weighted by atomic mass is 35.5. The minimum Gasteiger partial charge on any atom is -0.368 e. The van der Waals surface area contributed by atoms with E-state index < -0.39 is 0 Å². The van der Waals surface area contributed by atoms with Gasteiger partial charge in [-0.15, -0.1) is 0 Å². The van der Waals surface area contributed by atoms with E-state index in [1.807, 2.05) is 6.07 Å². The number of benzene rings is 1. The van der Waals surface area contributed by atoms with Crippen LogP contribution < -0.4 is 5.73 Å². The highest BCUT2D eigenvalue weighted by Gasteiger charge is 2.11. The standard InChI is InChI=1S/C11H6ClN5.C3H8/c12-9-8-6-3-5(4-13)1-2-7(6)15-10(8)17-11(14)16-9;1-3-2/h1-3H,(H3,14,15,16,17);3H2,1-2H3. The van der Waals surface area contributed by atoms with Crippen molar-refractivity contribution in [3.05, 3.63) is 28.9 Å². The van der Waals surface area contributed by atoms with E-state index in [1.165, 1.54) is 6.42 Å². The van der Waals surface area contributed by atoms with E-state index in [0.717, 1.165) is 10.9 Å². The molecule has 0 spiro atoms. The third-order valence-corrected chi connectivity index (χ3v) is 2.83. The molecule has 0 aliphatic rings. The van der Waals surface area contributed by atoms with Gasteiger partial charge in [0.1, 0.15) is 10.8 Å². The van der Waals surface area contributed by atoms with Gasteiger partial charge in [0.25, 0.3) is 0 Å². The monoisotopic (exact) mass is 287 g/mol. The molecule has 102 valence electrons. The summed E-state index contributed by atoms with van der Waals surface area (Å²) in [5.74, 6) is 0.120. The summed E-state index contributed by atoms with van der Waals surface area (Å²) in [5.41, 5.74) is 7.51. The Kier molecular flexibility index (Phi) is 4.06. The summed E-state index contributed by atoms with van der Waals surface area (Å²) in [6.45, 7) is 4.25. The number of rotatable bonds is 0. The smallest absolute Gasteiger partial charge is 0.223 e.